The average molecular weight is 344 g/mol. The Morgan fingerprint density at radius 2 is 1.95 bits per heavy atom. The van der Waals surface area contributed by atoms with E-state index >= 15 is 0 Å². The minimum Gasteiger partial charge on any atom is -0.309 e. The molecule has 2 aromatic rings. The standard InChI is InChI=1S/C16H16Cl2FNS/c1-2-20-15(12-9-11(17)7-8-13(12)18)10-21-16-6-4-3-5-14(16)19/h3-9,15,20H,2,10H2,1H3. The first-order chi connectivity index (χ1) is 10.1. The first-order valence-electron chi connectivity index (χ1n) is 6.67. The van der Waals surface area contributed by atoms with Gasteiger partial charge < -0.3 is 5.32 Å². The molecule has 0 bridgehead atoms. The maximum Gasteiger partial charge on any atom is 0.136 e. The van der Waals surface area contributed by atoms with Gasteiger partial charge in [0.15, 0.2) is 0 Å². The summed E-state index contributed by atoms with van der Waals surface area (Å²) >= 11 is 13.8. The molecular formula is C16H16Cl2FNS. The maximum atomic E-state index is 13.7. The third-order valence-electron chi connectivity index (χ3n) is 3.03. The summed E-state index contributed by atoms with van der Waals surface area (Å²) in [6.45, 7) is 2.82. The zero-order valence-electron chi connectivity index (χ0n) is 11.6. The van der Waals surface area contributed by atoms with E-state index in [9.17, 15) is 4.39 Å². The number of hydrogen-bond acceptors (Lipinski definition) is 2. The molecule has 0 radical (unpaired) electrons. The molecule has 0 fully saturated rings. The third kappa shape index (κ3) is 4.62. The Bertz CT molecular complexity index is 607. The largest absolute Gasteiger partial charge is 0.309 e. The van der Waals surface area contributed by atoms with Crippen molar-refractivity contribution in [2.45, 2.75) is 17.9 Å². The highest BCUT2D eigenvalue weighted by Crippen LogP contribution is 2.31. The van der Waals surface area contributed by atoms with Gasteiger partial charge in [-0.1, -0.05) is 42.3 Å². The quantitative estimate of drug-likeness (QED) is 0.687. The van der Waals surface area contributed by atoms with Crippen molar-refractivity contribution in [3.63, 3.8) is 0 Å². The van der Waals surface area contributed by atoms with Crippen LogP contribution in [0.15, 0.2) is 47.4 Å². The lowest BCUT2D eigenvalue weighted by Crippen LogP contribution is -2.23. The second kappa shape index (κ2) is 8.04. The lowest BCUT2D eigenvalue weighted by Gasteiger charge is -2.19. The van der Waals surface area contributed by atoms with Crippen LogP contribution >= 0.6 is 35.0 Å². The summed E-state index contributed by atoms with van der Waals surface area (Å²) in [7, 11) is 0. The molecule has 2 aromatic carbocycles. The van der Waals surface area contributed by atoms with Gasteiger partial charge in [-0.25, -0.2) is 4.39 Å². The van der Waals surface area contributed by atoms with Crippen LogP contribution < -0.4 is 5.32 Å². The summed E-state index contributed by atoms with van der Waals surface area (Å²) in [5.41, 5.74) is 0.940. The van der Waals surface area contributed by atoms with Crippen molar-refractivity contribution in [1.29, 1.82) is 0 Å². The van der Waals surface area contributed by atoms with Crippen molar-refractivity contribution in [3.8, 4) is 0 Å². The summed E-state index contributed by atoms with van der Waals surface area (Å²) in [6, 6.07) is 12.2. The normalized spacial score (nSPS) is 12.4. The van der Waals surface area contributed by atoms with E-state index in [-0.39, 0.29) is 11.9 Å². The topological polar surface area (TPSA) is 12.0 Å². The van der Waals surface area contributed by atoms with Crippen LogP contribution in [0, 0.1) is 5.82 Å². The molecule has 0 saturated carbocycles. The summed E-state index contributed by atoms with van der Waals surface area (Å²) in [6.07, 6.45) is 0. The van der Waals surface area contributed by atoms with Crippen LogP contribution in [0.4, 0.5) is 4.39 Å². The van der Waals surface area contributed by atoms with E-state index in [2.05, 4.69) is 5.32 Å². The Kier molecular flexibility index (Phi) is 6.37. The van der Waals surface area contributed by atoms with Crippen LogP contribution in [0.2, 0.25) is 10.0 Å². The minimum absolute atomic E-state index is 0.0193. The minimum atomic E-state index is -0.199. The number of halogens is 3. The average Bonchev–Trinajstić information content (AvgIpc) is 2.48. The molecule has 1 unspecified atom stereocenters. The third-order valence-corrected chi connectivity index (χ3v) is 4.75. The zero-order chi connectivity index (χ0) is 15.2. The van der Waals surface area contributed by atoms with Crippen LogP contribution in [0.1, 0.15) is 18.5 Å². The predicted molar refractivity (Wildman–Crippen MR) is 90.0 cm³/mol. The van der Waals surface area contributed by atoms with Crippen LogP contribution in [0.25, 0.3) is 0 Å². The van der Waals surface area contributed by atoms with Gasteiger partial charge in [-0.2, -0.15) is 0 Å². The van der Waals surface area contributed by atoms with Crippen LogP contribution in [0.5, 0.6) is 0 Å². The highest BCUT2D eigenvalue weighted by Gasteiger charge is 2.15. The Morgan fingerprint density at radius 1 is 1.19 bits per heavy atom. The number of benzene rings is 2. The molecule has 0 aliphatic heterocycles. The molecule has 0 saturated heterocycles. The molecule has 112 valence electrons. The zero-order valence-corrected chi connectivity index (χ0v) is 13.9. The van der Waals surface area contributed by atoms with Crippen molar-refractivity contribution >= 4 is 35.0 Å². The van der Waals surface area contributed by atoms with Gasteiger partial charge in [-0.15, -0.1) is 11.8 Å². The van der Waals surface area contributed by atoms with Gasteiger partial charge in [0, 0.05) is 26.7 Å². The molecule has 2 rings (SSSR count). The van der Waals surface area contributed by atoms with Gasteiger partial charge in [0.25, 0.3) is 0 Å². The van der Waals surface area contributed by atoms with E-state index < -0.39 is 0 Å². The monoisotopic (exact) mass is 343 g/mol. The van der Waals surface area contributed by atoms with Gasteiger partial charge in [-0.05, 0) is 42.4 Å². The number of nitrogens with one attached hydrogen (secondary N) is 1. The van der Waals surface area contributed by atoms with Crippen molar-refractivity contribution in [3.05, 3.63) is 63.9 Å². The summed E-state index contributed by atoms with van der Waals surface area (Å²) in [4.78, 5) is 0.638. The van der Waals surface area contributed by atoms with Crippen LogP contribution in [-0.2, 0) is 0 Å². The Labute approximate surface area is 138 Å². The molecule has 5 heteroatoms. The molecule has 0 spiro atoms. The molecule has 0 amide bonds. The summed E-state index contributed by atoms with van der Waals surface area (Å²) in [5.74, 6) is 0.476. The summed E-state index contributed by atoms with van der Waals surface area (Å²) in [5, 5.41) is 4.68. The molecule has 1 nitrogen and oxygen atoms in total. The van der Waals surface area contributed by atoms with Crippen molar-refractivity contribution in [1.82, 2.24) is 5.32 Å². The Hall–Kier alpha value is -0.740. The van der Waals surface area contributed by atoms with Gasteiger partial charge in [0.2, 0.25) is 0 Å². The van der Waals surface area contributed by atoms with E-state index in [0.717, 1.165) is 12.1 Å². The predicted octanol–water partition coefficient (Wildman–Crippen LogP) is 5.58. The fraction of sp³-hybridized carbons (Fsp3) is 0.250. The van der Waals surface area contributed by atoms with E-state index in [1.54, 1.807) is 24.3 Å². The Morgan fingerprint density at radius 3 is 2.67 bits per heavy atom. The van der Waals surface area contributed by atoms with Gasteiger partial charge in [0.1, 0.15) is 5.82 Å². The van der Waals surface area contributed by atoms with E-state index in [1.165, 1.54) is 17.8 Å². The van der Waals surface area contributed by atoms with E-state index in [4.69, 9.17) is 23.2 Å². The van der Waals surface area contributed by atoms with Gasteiger partial charge >= 0.3 is 0 Å². The second-order valence-electron chi connectivity index (χ2n) is 4.52. The Balaban J connectivity index is 2.16. The highest BCUT2D eigenvalue weighted by atomic mass is 35.5. The van der Waals surface area contributed by atoms with Crippen LogP contribution in [0.3, 0.4) is 0 Å². The number of thioether (sulfide) groups is 1. The lowest BCUT2D eigenvalue weighted by molar-refractivity contribution is 0.595. The molecular weight excluding hydrogens is 328 g/mol. The number of hydrogen-bond donors (Lipinski definition) is 1. The van der Waals surface area contributed by atoms with Gasteiger partial charge in [-0.3, -0.25) is 0 Å². The van der Waals surface area contributed by atoms with E-state index in [1.807, 2.05) is 19.1 Å². The van der Waals surface area contributed by atoms with Gasteiger partial charge in [0.05, 0.1) is 0 Å². The molecule has 1 N–H and O–H groups in total. The second-order valence-corrected chi connectivity index (χ2v) is 6.42. The molecule has 1 atom stereocenters. The first kappa shape index (κ1) is 16.6. The number of rotatable bonds is 6. The van der Waals surface area contributed by atoms with Crippen molar-refractivity contribution < 1.29 is 4.39 Å². The fourth-order valence-corrected chi connectivity index (χ4v) is 3.48. The molecule has 0 aliphatic carbocycles. The lowest BCUT2D eigenvalue weighted by atomic mass is 10.1. The summed E-state index contributed by atoms with van der Waals surface area (Å²) < 4.78 is 13.7. The SMILES string of the molecule is CCNC(CSc1ccccc1F)c1cc(Cl)ccc1Cl. The molecule has 0 aromatic heterocycles. The molecule has 0 aliphatic rings. The molecule has 21 heavy (non-hydrogen) atoms. The fourth-order valence-electron chi connectivity index (χ4n) is 2.02. The van der Waals surface area contributed by atoms with E-state index in [0.29, 0.717) is 20.7 Å². The molecule has 0 heterocycles. The highest BCUT2D eigenvalue weighted by molar-refractivity contribution is 7.99. The van der Waals surface area contributed by atoms with Crippen molar-refractivity contribution in [2.24, 2.45) is 0 Å². The first-order valence-corrected chi connectivity index (χ1v) is 8.41. The maximum absolute atomic E-state index is 13.7. The smallest absolute Gasteiger partial charge is 0.136 e. The van der Waals surface area contributed by atoms with Crippen LogP contribution in [-0.4, -0.2) is 12.3 Å². The van der Waals surface area contributed by atoms with Crippen molar-refractivity contribution in [2.75, 3.05) is 12.3 Å².